The quantitative estimate of drug-likeness (QED) is 0.902. The Balaban J connectivity index is 1.83. The van der Waals surface area contributed by atoms with E-state index in [0.29, 0.717) is 0 Å². The molecule has 1 saturated carbocycles. The van der Waals surface area contributed by atoms with E-state index in [2.05, 4.69) is 21.2 Å². The van der Waals surface area contributed by atoms with Crippen molar-refractivity contribution in [3.63, 3.8) is 0 Å². The second-order valence-corrected chi connectivity index (χ2v) is 5.12. The molecule has 2 N–H and O–H groups in total. The summed E-state index contributed by atoms with van der Waals surface area (Å²) in [6.45, 7) is 2.01. The molecule has 0 aromatic heterocycles. The summed E-state index contributed by atoms with van der Waals surface area (Å²) in [7, 11) is 0. The molecule has 0 atom stereocenters. The van der Waals surface area contributed by atoms with Crippen LogP contribution in [0.25, 0.3) is 0 Å². The number of ether oxygens (including phenoxy) is 1. The molecule has 1 aromatic rings. The molecule has 0 aliphatic heterocycles. The number of aryl methyl sites for hydroxylation is 1. The molecule has 0 saturated heterocycles. The van der Waals surface area contributed by atoms with Crippen LogP contribution in [0.1, 0.15) is 18.4 Å². The molecule has 92 valence electrons. The van der Waals surface area contributed by atoms with Crippen LogP contribution in [0, 0.1) is 6.92 Å². The van der Waals surface area contributed by atoms with Crippen LogP contribution in [0.5, 0.6) is 5.75 Å². The van der Waals surface area contributed by atoms with Crippen molar-refractivity contribution >= 4 is 22.0 Å². The average Bonchev–Trinajstić information content (AvgIpc) is 2.19. The number of carboxylic acid groups (broad SMARTS) is 1. The van der Waals surface area contributed by atoms with Crippen LogP contribution in [0.2, 0.25) is 0 Å². The number of amides is 1. The number of benzene rings is 1. The van der Waals surface area contributed by atoms with E-state index in [1.54, 1.807) is 0 Å². The van der Waals surface area contributed by atoms with Gasteiger partial charge in [-0.25, -0.2) is 4.79 Å². The first-order chi connectivity index (χ1) is 8.04. The number of hydrogen-bond donors (Lipinski definition) is 2. The van der Waals surface area contributed by atoms with E-state index in [-0.39, 0.29) is 12.1 Å². The summed E-state index contributed by atoms with van der Waals surface area (Å²) in [6, 6.07) is 5.88. The fourth-order valence-electron chi connectivity index (χ4n) is 1.84. The maximum absolute atomic E-state index is 10.4. The van der Waals surface area contributed by atoms with Crippen molar-refractivity contribution in [2.24, 2.45) is 0 Å². The molecular weight excluding hydrogens is 286 g/mol. The van der Waals surface area contributed by atoms with Gasteiger partial charge in [0.25, 0.3) is 0 Å². The Bertz CT molecular complexity index is 430. The highest BCUT2D eigenvalue weighted by Crippen LogP contribution is 2.28. The lowest BCUT2D eigenvalue weighted by Crippen LogP contribution is -2.48. The van der Waals surface area contributed by atoms with Crippen LogP contribution in [-0.2, 0) is 0 Å². The predicted octanol–water partition coefficient (Wildman–Crippen LogP) is 2.93. The standard InChI is InChI=1S/C12H14BrNO3/c1-7-4-9(2-3-11(7)13)17-10-5-8(6-10)14-12(15)16/h2-4,8,10,14H,5-6H2,1H3,(H,15,16). The lowest BCUT2D eigenvalue weighted by molar-refractivity contribution is 0.0833. The van der Waals surface area contributed by atoms with Gasteiger partial charge in [0.1, 0.15) is 11.9 Å². The zero-order valence-corrected chi connectivity index (χ0v) is 11.0. The highest BCUT2D eigenvalue weighted by atomic mass is 79.9. The van der Waals surface area contributed by atoms with Crippen LogP contribution in [-0.4, -0.2) is 23.3 Å². The average molecular weight is 300 g/mol. The maximum Gasteiger partial charge on any atom is 0.404 e. The molecule has 5 heteroatoms. The molecule has 0 bridgehead atoms. The molecule has 0 radical (unpaired) electrons. The Morgan fingerprint density at radius 3 is 2.82 bits per heavy atom. The van der Waals surface area contributed by atoms with Gasteiger partial charge in [0.15, 0.2) is 0 Å². The van der Waals surface area contributed by atoms with Gasteiger partial charge in [-0.3, -0.25) is 0 Å². The molecule has 1 aromatic carbocycles. The molecule has 0 unspecified atom stereocenters. The van der Waals surface area contributed by atoms with Crippen molar-refractivity contribution in [1.29, 1.82) is 0 Å². The van der Waals surface area contributed by atoms with Gasteiger partial charge in [0, 0.05) is 23.4 Å². The maximum atomic E-state index is 10.4. The highest BCUT2D eigenvalue weighted by Gasteiger charge is 2.31. The number of hydrogen-bond acceptors (Lipinski definition) is 2. The van der Waals surface area contributed by atoms with E-state index in [9.17, 15) is 4.79 Å². The molecule has 0 spiro atoms. The number of rotatable bonds is 3. The Morgan fingerprint density at radius 2 is 2.24 bits per heavy atom. The highest BCUT2D eigenvalue weighted by molar-refractivity contribution is 9.10. The van der Waals surface area contributed by atoms with Gasteiger partial charge < -0.3 is 15.2 Å². The van der Waals surface area contributed by atoms with Gasteiger partial charge in [-0.05, 0) is 30.7 Å². The van der Waals surface area contributed by atoms with E-state index in [1.165, 1.54) is 0 Å². The third-order valence-corrected chi connectivity index (χ3v) is 3.74. The zero-order chi connectivity index (χ0) is 12.4. The first-order valence-electron chi connectivity index (χ1n) is 5.47. The van der Waals surface area contributed by atoms with Crippen molar-refractivity contribution in [2.75, 3.05) is 0 Å². The van der Waals surface area contributed by atoms with Crippen LogP contribution in [0.15, 0.2) is 22.7 Å². The molecule has 2 rings (SSSR count). The fraction of sp³-hybridized carbons (Fsp3) is 0.417. The lowest BCUT2D eigenvalue weighted by Gasteiger charge is -2.35. The molecular formula is C12H14BrNO3. The Labute approximate surface area is 108 Å². The topological polar surface area (TPSA) is 58.6 Å². The van der Waals surface area contributed by atoms with Gasteiger partial charge in [-0.1, -0.05) is 15.9 Å². The molecule has 1 aliphatic rings. The molecule has 4 nitrogen and oxygen atoms in total. The van der Waals surface area contributed by atoms with E-state index < -0.39 is 6.09 Å². The number of halogens is 1. The van der Waals surface area contributed by atoms with Gasteiger partial charge >= 0.3 is 6.09 Å². The first kappa shape index (κ1) is 12.2. The first-order valence-corrected chi connectivity index (χ1v) is 6.26. The van der Waals surface area contributed by atoms with Crippen LogP contribution in [0.3, 0.4) is 0 Å². The minimum absolute atomic E-state index is 0.0362. The van der Waals surface area contributed by atoms with Crippen LogP contribution in [0.4, 0.5) is 4.79 Å². The molecule has 17 heavy (non-hydrogen) atoms. The van der Waals surface area contributed by atoms with Crippen molar-refractivity contribution < 1.29 is 14.6 Å². The largest absolute Gasteiger partial charge is 0.490 e. The van der Waals surface area contributed by atoms with Crippen molar-refractivity contribution in [2.45, 2.75) is 31.9 Å². The van der Waals surface area contributed by atoms with E-state index >= 15 is 0 Å². The van der Waals surface area contributed by atoms with Crippen molar-refractivity contribution in [3.05, 3.63) is 28.2 Å². The van der Waals surface area contributed by atoms with Gasteiger partial charge in [0.05, 0.1) is 0 Å². The molecule has 1 aliphatic carbocycles. The molecule has 1 amide bonds. The Morgan fingerprint density at radius 1 is 1.53 bits per heavy atom. The second-order valence-electron chi connectivity index (χ2n) is 4.27. The monoisotopic (exact) mass is 299 g/mol. The predicted molar refractivity (Wildman–Crippen MR) is 67.5 cm³/mol. The van der Waals surface area contributed by atoms with E-state index in [4.69, 9.17) is 9.84 Å². The Hall–Kier alpha value is -1.23. The second kappa shape index (κ2) is 4.96. The Kier molecular flexibility index (Phi) is 3.57. The summed E-state index contributed by atoms with van der Waals surface area (Å²) in [6.07, 6.45) is 0.628. The molecule has 1 fully saturated rings. The third-order valence-electron chi connectivity index (χ3n) is 2.85. The summed E-state index contributed by atoms with van der Waals surface area (Å²) in [5.74, 6) is 0.837. The summed E-state index contributed by atoms with van der Waals surface area (Å²) in [5, 5.41) is 11.0. The summed E-state index contributed by atoms with van der Waals surface area (Å²) >= 11 is 3.43. The normalized spacial score (nSPS) is 22.7. The number of nitrogens with one attached hydrogen (secondary N) is 1. The fourth-order valence-corrected chi connectivity index (χ4v) is 2.08. The van der Waals surface area contributed by atoms with Crippen LogP contribution < -0.4 is 10.1 Å². The number of carbonyl (C=O) groups is 1. The SMILES string of the molecule is Cc1cc(OC2CC(NC(=O)O)C2)ccc1Br. The van der Waals surface area contributed by atoms with Crippen LogP contribution >= 0.6 is 15.9 Å². The zero-order valence-electron chi connectivity index (χ0n) is 9.44. The van der Waals surface area contributed by atoms with Crippen molar-refractivity contribution in [3.8, 4) is 5.75 Å². The smallest absolute Gasteiger partial charge is 0.404 e. The minimum atomic E-state index is -0.965. The van der Waals surface area contributed by atoms with Gasteiger partial charge in [-0.15, -0.1) is 0 Å². The van der Waals surface area contributed by atoms with Crippen molar-refractivity contribution in [1.82, 2.24) is 5.32 Å². The molecule has 0 heterocycles. The van der Waals surface area contributed by atoms with E-state index in [1.807, 2.05) is 25.1 Å². The third kappa shape index (κ3) is 3.12. The minimum Gasteiger partial charge on any atom is -0.490 e. The van der Waals surface area contributed by atoms with Gasteiger partial charge in [0.2, 0.25) is 0 Å². The van der Waals surface area contributed by atoms with E-state index in [0.717, 1.165) is 28.6 Å². The summed E-state index contributed by atoms with van der Waals surface area (Å²) in [5.41, 5.74) is 1.13. The lowest BCUT2D eigenvalue weighted by atomic mass is 9.89. The summed E-state index contributed by atoms with van der Waals surface area (Å²) < 4.78 is 6.80. The summed E-state index contributed by atoms with van der Waals surface area (Å²) in [4.78, 5) is 10.4. The van der Waals surface area contributed by atoms with Gasteiger partial charge in [-0.2, -0.15) is 0 Å².